The SMILES string of the molecule is CC(C)(C[C@H](c1cccc(-c2cc(OCC(F)F)c3cnn(-c4cccc(CO[Si](C)(C)C(C)(C)C)n4)c3c2)n1)C1CC(O[Si](C)(C)C(C)(C)C)C1)S(N)=O. The van der Waals surface area contributed by atoms with Crippen molar-refractivity contribution in [1.82, 2.24) is 19.7 Å². The van der Waals surface area contributed by atoms with Crippen LogP contribution < -0.4 is 9.88 Å². The fourth-order valence-electron chi connectivity index (χ4n) is 6.40. The van der Waals surface area contributed by atoms with Crippen molar-refractivity contribution in [2.24, 2.45) is 11.1 Å². The molecule has 2 N–H and O–H groups in total. The van der Waals surface area contributed by atoms with Crippen LogP contribution in [0, 0.1) is 5.92 Å². The molecular weight excluding hydrogens is 753 g/mol. The molecule has 0 amide bonds. The number of aromatic nitrogens is 4. The first-order valence-corrected chi connectivity index (χ1v) is 26.3. The van der Waals surface area contributed by atoms with E-state index in [1.807, 2.05) is 56.3 Å². The first kappa shape index (κ1) is 43.2. The van der Waals surface area contributed by atoms with E-state index in [0.717, 1.165) is 24.2 Å². The molecule has 1 aromatic carbocycles. The molecule has 9 nitrogen and oxygen atoms in total. The summed E-state index contributed by atoms with van der Waals surface area (Å²) in [5.41, 5.74) is 3.62. The number of rotatable bonds is 15. The van der Waals surface area contributed by atoms with Gasteiger partial charge in [-0.25, -0.2) is 22.7 Å². The van der Waals surface area contributed by atoms with Gasteiger partial charge in [0.15, 0.2) is 22.5 Å². The Bertz CT molecular complexity index is 1990. The van der Waals surface area contributed by atoms with E-state index in [0.29, 0.717) is 41.0 Å². The van der Waals surface area contributed by atoms with Crippen molar-refractivity contribution < 1.29 is 26.6 Å². The number of nitrogens with two attached hydrogens (primary N) is 1. The van der Waals surface area contributed by atoms with Crippen LogP contribution in [0.4, 0.5) is 8.78 Å². The third-order valence-corrected chi connectivity index (χ3v) is 22.4. The van der Waals surface area contributed by atoms with Gasteiger partial charge in [0.2, 0.25) is 0 Å². The lowest BCUT2D eigenvalue weighted by atomic mass is 9.69. The first-order valence-electron chi connectivity index (χ1n) is 19.2. The average molecular weight is 814 g/mol. The predicted octanol–water partition coefficient (Wildman–Crippen LogP) is 10.3. The van der Waals surface area contributed by atoms with Crippen molar-refractivity contribution in [3.63, 3.8) is 0 Å². The van der Waals surface area contributed by atoms with Gasteiger partial charge < -0.3 is 13.6 Å². The van der Waals surface area contributed by atoms with Gasteiger partial charge in [0, 0.05) is 23.3 Å². The van der Waals surface area contributed by atoms with Crippen LogP contribution in [0.15, 0.2) is 54.7 Å². The van der Waals surface area contributed by atoms with E-state index in [-0.39, 0.29) is 33.8 Å². The summed E-state index contributed by atoms with van der Waals surface area (Å²) in [5, 5.41) is 11.4. The molecule has 1 fully saturated rings. The van der Waals surface area contributed by atoms with Crippen LogP contribution in [0.3, 0.4) is 0 Å². The Morgan fingerprint density at radius 2 is 1.58 bits per heavy atom. The zero-order valence-corrected chi connectivity index (χ0v) is 37.5. The van der Waals surface area contributed by atoms with Gasteiger partial charge in [-0.2, -0.15) is 5.10 Å². The second-order valence-corrected chi connectivity index (χ2v) is 30.0. The minimum atomic E-state index is -2.65. The number of ether oxygens (including phenoxy) is 1. The largest absolute Gasteiger partial charge is 0.487 e. The van der Waals surface area contributed by atoms with Crippen LogP contribution in [-0.2, 0) is 26.4 Å². The Morgan fingerprint density at radius 3 is 2.20 bits per heavy atom. The summed E-state index contributed by atoms with van der Waals surface area (Å²) in [6, 6.07) is 15.3. The van der Waals surface area contributed by atoms with E-state index in [4.69, 9.17) is 28.7 Å². The van der Waals surface area contributed by atoms with Crippen molar-refractivity contribution in [1.29, 1.82) is 0 Å². The molecule has 302 valence electrons. The fourth-order valence-corrected chi connectivity index (χ4v) is 9.07. The van der Waals surface area contributed by atoms with Crippen LogP contribution in [0.1, 0.15) is 92.0 Å². The van der Waals surface area contributed by atoms with Crippen molar-refractivity contribution in [2.75, 3.05) is 6.61 Å². The van der Waals surface area contributed by atoms with Gasteiger partial charge in [-0.15, -0.1) is 0 Å². The van der Waals surface area contributed by atoms with Crippen LogP contribution in [-0.4, -0.2) is 64.5 Å². The van der Waals surface area contributed by atoms with Crippen LogP contribution in [0.2, 0.25) is 36.3 Å². The standard InChI is InChI=1S/C41H61F2N5O4SSi2/c1-39(2,3)54(9,10)51-25-29-15-13-18-38(46-29)48-35-21-28(22-36(32(35)24-45-48)50-26-37(42)43)33-16-14-17-34(47-33)31(23-41(7,8)53(44)49)27-19-30(20-27)52-55(11,12)40(4,5)6/h13-18,21-22,24,27,30-31,37H,19-20,23,25-26,44H2,1-12H3/t27?,30?,31-,53?/m0/s1. The lowest BCUT2D eigenvalue weighted by Crippen LogP contribution is -2.49. The minimum absolute atomic E-state index is 0.0222. The van der Waals surface area contributed by atoms with Crippen LogP contribution in [0.5, 0.6) is 5.75 Å². The predicted molar refractivity (Wildman–Crippen MR) is 224 cm³/mol. The molecule has 1 aliphatic rings. The van der Waals surface area contributed by atoms with Crippen molar-refractivity contribution in [2.45, 2.75) is 141 Å². The normalized spacial score (nSPS) is 18.4. The maximum atomic E-state index is 13.5. The molecule has 55 heavy (non-hydrogen) atoms. The number of hydrogen-bond donors (Lipinski definition) is 1. The van der Waals surface area contributed by atoms with E-state index >= 15 is 0 Å². The third-order valence-electron chi connectivity index (χ3n) is 12.1. The minimum Gasteiger partial charge on any atom is -0.487 e. The number of alkyl halides is 2. The number of benzene rings is 1. The Morgan fingerprint density at radius 1 is 0.927 bits per heavy atom. The molecule has 5 rings (SSSR count). The summed E-state index contributed by atoms with van der Waals surface area (Å²) in [4.78, 5) is 10.1. The van der Waals surface area contributed by atoms with Gasteiger partial charge >= 0.3 is 0 Å². The fraction of sp³-hybridized carbons (Fsp3) is 0.585. The Kier molecular flexibility index (Phi) is 12.7. The monoisotopic (exact) mass is 813 g/mol. The molecule has 1 saturated carbocycles. The molecule has 1 aliphatic carbocycles. The van der Waals surface area contributed by atoms with Crippen LogP contribution in [0.25, 0.3) is 28.0 Å². The summed E-state index contributed by atoms with van der Waals surface area (Å²) in [6.45, 7) is 25.8. The summed E-state index contributed by atoms with van der Waals surface area (Å²) < 4.78 is 59.7. The second-order valence-electron chi connectivity index (χ2n) is 18.7. The average Bonchev–Trinajstić information content (AvgIpc) is 3.50. The van der Waals surface area contributed by atoms with Gasteiger partial charge in [0.1, 0.15) is 12.4 Å². The summed E-state index contributed by atoms with van der Waals surface area (Å²) in [5.74, 6) is 1.10. The highest BCUT2D eigenvalue weighted by Gasteiger charge is 2.46. The molecule has 3 heterocycles. The lowest BCUT2D eigenvalue weighted by molar-refractivity contribution is 0.0357. The van der Waals surface area contributed by atoms with Crippen molar-refractivity contribution in [3.05, 3.63) is 66.1 Å². The Hall–Kier alpha value is -2.89. The molecule has 3 aromatic heterocycles. The van der Waals surface area contributed by atoms with E-state index in [9.17, 15) is 13.0 Å². The number of pyridine rings is 2. The smallest absolute Gasteiger partial charge is 0.272 e. The molecule has 0 radical (unpaired) electrons. The highest BCUT2D eigenvalue weighted by Crippen LogP contribution is 2.48. The van der Waals surface area contributed by atoms with E-state index in [2.05, 4.69) is 72.8 Å². The number of nitrogens with zero attached hydrogens (tertiary/aromatic N) is 4. The quantitative estimate of drug-likeness (QED) is 0.119. The summed E-state index contributed by atoms with van der Waals surface area (Å²) in [7, 11) is -5.51. The van der Waals surface area contributed by atoms with E-state index < -0.39 is 45.4 Å². The van der Waals surface area contributed by atoms with Gasteiger partial charge in [-0.1, -0.05) is 53.7 Å². The molecule has 14 heteroatoms. The second kappa shape index (κ2) is 16.2. The van der Waals surface area contributed by atoms with Gasteiger partial charge in [-0.3, -0.25) is 10.1 Å². The first-order chi connectivity index (χ1) is 25.4. The Balaban J connectivity index is 1.52. The zero-order valence-electron chi connectivity index (χ0n) is 34.7. The van der Waals surface area contributed by atoms with Gasteiger partial charge in [0.25, 0.3) is 6.43 Å². The Labute approximate surface area is 331 Å². The topological polar surface area (TPSA) is 114 Å². The highest BCUT2D eigenvalue weighted by molar-refractivity contribution is 7.84. The molecule has 2 atom stereocenters. The van der Waals surface area contributed by atoms with Gasteiger partial charge in [0.05, 0.1) is 50.8 Å². The highest BCUT2D eigenvalue weighted by atomic mass is 32.2. The molecule has 4 aromatic rings. The number of halogens is 2. The molecule has 1 unspecified atom stereocenters. The van der Waals surface area contributed by atoms with Crippen molar-refractivity contribution >= 4 is 38.5 Å². The molecule has 0 spiro atoms. The number of fused-ring (bicyclic) bond motifs is 1. The lowest BCUT2D eigenvalue weighted by Gasteiger charge is -2.47. The molecule has 0 saturated heterocycles. The van der Waals surface area contributed by atoms with Crippen molar-refractivity contribution in [3.8, 4) is 22.8 Å². The van der Waals surface area contributed by atoms with Gasteiger partial charge in [-0.05, 0) is 112 Å². The molecular formula is C41H61F2N5O4SSi2. The number of hydrogen-bond acceptors (Lipinski definition) is 7. The zero-order chi connectivity index (χ0) is 40.7. The third kappa shape index (κ3) is 9.99. The molecule has 0 aliphatic heterocycles. The molecule has 0 bridgehead atoms. The maximum absolute atomic E-state index is 13.5. The summed E-state index contributed by atoms with van der Waals surface area (Å²) >= 11 is 0. The summed E-state index contributed by atoms with van der Waals surface area (Å²) in [6.07, 6.45) is 1.50. The van der Waals surface area contributed by atoms with E-state index in [1.54, 1.807) is 16.9 Å². The van der Waals surface area contributed by atoms with Crippen LogP contribution >= 0.6 is 0 Å². The maximum Gasteiger partial charge on any atom is 0.272 e. The van der Waals surface area contributed by atoms with E-state index in [1.165, 1.54) is 0 Å².